The number of rotatable bonds is 11. The Morgan fingerprint density at radius 3 is 2.51 bits per heavy atom. The number of nitrogens with zero attached hydrogens (tertiary/aromatic N) is 3. The molecule has 1 heterocycles. The average Bonchev–Trinajstić information content (AvgIpc) is 3.21. The normalized spacial score (nSPS) is 12.0. The second kappa shape index (κ2) is 11.6. The highest BCUT2D eigenvalue weighted by Crippen LogP contribution is 2.30. The second-order valence-corrected chi connectivity index (χ2v) is 8.00. The maximum absolute atomic E-state index is 12.6. The van der Waals surface area contributed by atoms with Crippen molar-refractivity contribution in [1.29, 1.82) is 0 Å². The molecule has 1 amide bonds. The minimum Gasteiger partial charge on any atom is -0.497 e. The topological polar surface area (TPSA) is 87.5 Å². The Hall–Kier alpha value is -3.67. The van der Waals surface area contributed by atoms with Gasteiger partial charge in [-0.15, -0.1) is 29.9 Å². The van der Waals surface area contributed by atoms with E-state index in [1.807, 2.05) is 6.92 Å². The monoisotopic (exact) mass is 508 g/mol. The highest BCUT2D eigenvalue weighted by molar-refractivity contribution is 7.99. The largest absolute Gasteiger partial charge is 0.573 e. The molecule has 35 heavy (non-hydrogen) atoms. The first kappa shape index (κ1) is 25.9. The van der Waals surface area contributed by atoms with Crippen LogP contribution >= 0.6 is 11.8 Å². The van der Waals surface area contributed by atoms with E-state index in [1.54, 1.807) is 42.0 Å². The van der Waals surface area contributed by atoms with Gasteiger partial charge in [0.2, 0.25) is 5.91 Å². The van der Waals surface area contributed by atoms with Crippen LogP contribution in [0.1, 0.15) is 18.9 Å². The highest BCUT2D eigenvalue weighted by Gasteiger charge is 2.32. The molecule has 0 saturated carbocycles. The van der Waals surface area contributed by atoms with Crippen molar-refractivity contribution in [2.45, 2.75) is 31.1 Å². The summed E-state index contributed by atoms with van der Waals surface area (Å²) in [6.45, 7) is 5.92. The van der Waals surface area contributed by atoms with Crippen molar-refractivity contribution in [2.24, 2.45) is 0 Å². The van der Waals surface area contributed by atoms with E-state index in [-0.39, 0.29) is 11.4 Å². The number of para-hydroxylation sites is 2. The molecule has 0 spiro atoms. The van der Waals surface area contributed by atoms with Gasteiger partial charge in [-0.3, -0.25) is 9.36 Å². The van der Waals surface area contributed by atoms with Crippen molar-refractivity contribution in [2.75, 3.05) is 18.2 Å². The molecule has 1 unspecified atom stereocenters. The van der Waals surface area contributed by atoms with E-state index < -0.39 is 24.1 Å². The summed E-state index contributed by atoms with van der Waals surface area (Å²) in [5, 5.41) is 11.2. The first-order valence-electron chi connectivity index (χ1n) is 10.3. The zero-order chi connectivity index (χ0) is 25.4. The Bertz CT molecular complexity index is 1150. The first-order chi connectivity index (χ1) is 16.7. The third-order valence-corrected chi connectivity index (χ3v) is 5.48. The third-order valence-electron chi connectivity index (χ3n) is 4.51. The molecule has 2 aromatic carbocycles. The Morgan fingerprint density at radius 2 is 1.86 bits per heavy atom. The number of benzene rings is 2. The summed E-state index contributed by atoms with van der Waals surface area (Å²) >= 11 is 1.08. The smallest absolute Gasteiger partial charge is 0.497 e. The Balaban J connectivity index is 1.66. The maximum atomic E-state index is 12.6. The number of hydrogen-bond donors (Lipinski definition) is 1. The molecule has 0 aliphatic carbocycles. The van der Waals surface area contributed by atoms with E-state index in [1.165, 1.54) is 18.2 Å². The first-order valence-corrected chi connectivity index (χ1v) is 11.3. The number of carbonyl (C=O) groups excluding carboxylic acids is 1. The summed E-state index contributed by atoms with van der Waals surface area (Å²) < 4.78 is 54.6. The maximum Gasteiger partial charge on any atom is 0.573 e. The minimum absolute atomic E-state index is 0.0924. The summed E-state index contributed by atoms with van der Waals surface area (Å²) in [4.78, 5) is 12.4. The molecule has 3 aromatic rings. The van der Waals surface area contributed by atoms with E-state index in [9.17, 15) is 18.0 Å². The van der Waals surface area contributed by atoms with E-state index in [2.05, 4.69) is 26.8 Å². The highest BCUT2D eigenvalue weighted by atomic mass is 32.2. The summed E-state index contributed by atoms with van der Waals surface area (Å²) in [6.07, 6.45) is -3.69. The van der Waals surface area contributed by atoms with Gasteiger partial charge in [0.05, 0.1) is 18.6 Å². The van der Waals surface area contributed by atoms with Crippen molar-refractivity contribution in [3.05, 3.63) is 67.0 Å². The van der Waals surface area contributed by atoms with E-state index in [4.69, 9.17) is 9.47 Å². The van der Waals surface area contributed by atoms with Gasteiger partial charge in [-0.1, -0.05) is 30.0 Å². The standard InChI is InChI=1S/C23H23F3N4O4S/c1-4-13-30-21(15(2)33-17-11-9-16(32-3)10-12-17)28-29-22(30)35-14-20(31)27-18-7-5-6-8-19(18)34-23(24,25)26/h4-12,15H,1,13-14H2,2-3H3,(H,27,31). The van der Waals surface area contributed by atoms with Crippen LogP contribution < -0.4 is 19.5 Å². The average molecular weight is 509 g/mol. The number of allylic oxidation sites excluding steroid dienone is 1. The predicted octanol–water partition coefficient (Wildman–Crippen LogP) is 5.24. The number of aromatic nitrogens is 3. The molecule has 0 bridgehead atoms. The molecule has 8 nitrogen and oxygen atoms in total. The molecule has 0 aliphatic rings. The van der Waals surface area contributed by atoms with Gasteiger partial charge in [0.25, 0.3) is 0 Å². The molecule has 12 heteroatoms. The molecule has 186 valence electrons. The molecule has 1 aromatic heterocycles. The van der Waals surface area contributed by atoms with Gasteiger partial charge in [-0.05, 0) is 43.3 Å². The van der Waals surface area contributed by atoms with Crippen molar-refractivity contribution < 1.29 is 32.2 Å². The lowest BCUT2D eigenvalue weighted by Gasteiger charge is -2.16. The molecule has 1 N–H and O–H groups in total. The number of nitrogens with one attached hydrogen (secondary N) is 1. The zero-order valence-corrected chi connectivity index (χ0v) is 19.7. The van der Waals surface area contributed by atoms with Gasteiger partial charge in [0.15, 0.2) is 22.8 Å². The fourth-order valence-electron chi connectivity index (χ4n) is 3.02. The van der Waals surface area contributed by atoms with Gasteiger partial charge in [-0.25, -0.2) is 0 Å². The minimum atomic E-state index is -4.88. The summed E-state index contributed by atoms with van der Waals surface area (Å²) in [7, 11) is 1.57. The Labute approximate surface area is 204 Å². The molecular formula is C23H23F3N4O4S. The predicted molar refractivity (Wildman–Crippen MR) is 125 cm³/mol. The third kappa shape index (κ3) is 7.41. The number of ether oxygens (including phenoxy) is 3. The van der Waals surface area contributed by atoms with Crippen LogP contribution in [0, 0.1) is 0 Å². The Kier molecular flexibility index (Phi) is 8.63. The van der Waals surface area contributed by atoms with Crippen LogP contribution in [0.3, 0.4) is 0 Å². The van der Waals surface area contributed by atoms with Crippen LogP contribution in [0.5, 0.6) is 17.2 Å². The van der Waals surface area contributed by atoms with Gasteiger partial charge < -0.3 is 19.5 Å². The number of methoxy groups -OCH3 is 1. The number of hydrogen-bond acceptors (Lipinski definition) is 7. The molecule has 1 atom stereocenters. The van der Waals surface area contributed by atoms with Crippen molar-refractivity contribution >= 4 is 23.4 Å². The summed E-state index contributed by atoms with van der Waals surface area (Å²) in [5.41, 5.74) is -0.0924. The molecule has 3 rings (SSSR count). The van der Waals surface area contributed by atoms with Crippen LogP contribution in [0.15, 0.2) is 66.3 Å². The molecule has 0 radical (unpaired) electrons. The van der Waals surface area contributed by atoms with Gasteiger partial charge in [0, 0.05) is 6.54 Å². The van der Waals surface area contributed by atoms with Crippen LogP contribution in [0.25, 0.3) is 0 Å². The van der Waals surface area contributed by atoms with Gasteiger partial charge >= 0.3 is 6.36 Å². The van der Waals surface area contributed by atoms with Gasteiger partial charge in [0.1, 0.15) is 11.5 Å². The van der Waals surface area contributed by atoms with Crippen LogP contribution in [0.2, 0.25) is 0 Å². The quantitative estimate of drug-likeness (QED) is 0.280. The van der Waals surface area contributed by atoms with Gasteiger partial charge in [-0.2, -0.15) is 0 Å². The SMILES string of the molecule is C=CCn1c(SCC(=O)Nc2ccccc2OC(F)(F)F)nnc1C(C)Oc1ccc(OC)cc1. The molecule has 0 fully saturated rings. The lowest BCUT2D eigenvalue weighted by atomic mass is 10.3. The van der Waals surface area contributed by atoms with Crippen molar-refractivity contribution in [3.63, 3.8) is 0 Å². The van der Waals surface area contributed by atoms with Crippen LogP contribution in [-0.2, 0) is 11.3 Å². The van der Waals surface area contributed by atoms with Crippen LogP contribution in [0.4, 0.5) is 18.9 Å². The Morgan fingerprint density at radius 1 is 1.17 bits per heavy atom. The summed E-state index contributed by atoms with van der Waals surface area (Å²) in [5.74, 6) is 0.672. The number of carbonyl (C=O) groups is 1. The van der Waals surface area contributed by atoms with Crippen LogP contribution in [-0.4, -0.2) is 39.9 Å². The number of halogens is 3. The van der Waals surface area contributed by atoms with E-state index in [0.717, 1.165) is 17.8 Å². The van der Waals surface area contributed by atoms with Crippen molar-refractivity contribution in [1.82, 2.24) is 14.8 Å². The number of alkyl halides is 3. The fraction of sp³-hybridized carbons (Fsp3) is 0.261. The fourth-order valence-corrected chi connectivity index (χ4v) is 3.77. The lowest BCUT2D eigenvalue weighted by Crippen LogP contribution is -2.20. The molecular weight excluding hydrogens is 485 g/mol. The molecule has 0 aliphatic heterocycles. The second-order valence-electron chi connectivity index (χ2n) is 7.06. The summed E-state index contributed by atoms with van der Waals surface area (Å²) in [6, 6.07) is 12.4. The van der Waals surface area contributed by atoms with Crippen molar-refractivity contribution in [3.8, 4) is 17.2 Å². The molecule has 0 saturated heterocycles. The number of thioether (sulfide) groups is 1. The number of amides is 1. The van der Waals surface area contributed by atoms with E-state index >= 15 is 0 Å². The van der Waals surface area contributed by atoms with E-state index in [0.29, 0.717) is 29.0 Å². The lowest BCUT2D eigenvalue weighted by molar-refractivity contribution is -0.274. The zero-order valence-electron chi connectivity index (χ0n) is 18.9. The number of anilines is 1.